The first kappa shape index (κ1) is 13.3. The Morgan fingerprint density at radius 1 is 1.56 bits per heavy atom. The van der Waals surface area contributed by atoms with Gasteiger partial charge in [-0.1, -0.05) is 0 Å². The van der Waals surface area contributed by atoms with Gasteiger partial charge in [-0.2, -0.15) is 0 Å². The number of nitrogens with zero attached hydrogens (tertiary/aromatic N) is 2. The number of morpholine rings is 1. The minimum absolute atomic E-state index is 0.218. The molecule has 5 heteroatoms. The van der Waals surface area contributed by atoms with Gasteiger partial charge in [-0.3, -0.25) is 4.98 Å². The molecule has 0 amide bonds. The van der Waals surface area contributed by atoms with Crippen LogP contribution in [0.15, 0.2) is 12.1 Å². The van der Waals surface area contributed by atoms with E-state index in [9.17, 15) is 5.11 Å². The highest BCUT2D eigenvalue weighted by molar-refractivity contribution is 5.27. The molecule has 2 heterocycles. The van der Waals surface area contributed by atoms with E-state index >= 15 is 0 Å². The molecular formula is C13H21N3O2. The molecule has 0 radical (unpaired) electrons. The predicted octanol–water partition coefficient (Wildman–Crippen LogP) is 0.516. The molecule has 1 saturated heterocycles. The Morgan fingerprint density at radius 3 is 3.17 bits per heavy atom. The van der Waals surface area contributed by atoms with Crippen molar-refractivity contribution in [2.45, 2.75) is 19.6 Å². The SMILES string of the molecule is Cc1ccc(O)c(CNC[C@@H]2CN(C)CCO2)n1. The predicted molar refractivity (Wildman–Crippen MR) is 69.6 cm³/mol. The summed E-state index contributed by atoms with van der Waals surface area (Å²) in [6.45, 7) is 5.99. The highest BCUT2D eigenvalue weighted by Crippen LogP contribution is 2.14. The van der Waals surface area contributed by atoms with Crippen molar-refractivity contribution in [2.24, 2.45) is 0 Å². The van der Waals surface area contributed by atoms with E-state index in [0.29, 0.717) is 12.2 Å². The lowest BCUT2D eigenvalue weighted by molar-refractivity contribution is -0.0182. The van der Waals surface area contributed by atoms with Gasteiger partial charge in [0.1, 0.15) is 5.75 Å². The Balaban J connectivity index is 1.79. The number of aromatic nitrogens is 1. The summed E-state index contributed by atoms with van der Waals surface area (Å²) in [7, 11) is 2.10. The lowest BCUT2D eigenvalue weighted by Gasteiger charge is -2.30. The van der Waals surface area contributed by atoms with E-state index in [0.717, 1.165) is 31.9 Å². The molecule has 0 saturated carbocycles. The zero-order valence-electron chi connectivity index (χ0n) is 11.0. The smallest absolute Gasteiger partial charge is 0.138 e. The first-order valence-electron chi connectivity index (χ1n) is 6.31. The maximum Gasteiger partial charge on any atom is 0.138 e. The maximum atomic E-state index is 9.67. The van der Waals surface area contributed by atoms with Gasteiger partial charge in [-0.25, -0.2) is 0 Å². The Bertz CT molecular complexity index is 398. The van der Waals surface area contributed by atoms with Gasteiger partial charge < -0.3 is 20.1 Å². The highest BCUT2D eigenvalue weighted by Gasteiger charge is 2.17. The minimum atomic E-state index is 0.218. The Labute approximate surface area is 108 Å². The topological polar surface area (TPSA) is 57.6 Å². The van der Waals surface area contributed by atoms with E-state index in [-0.39, 0.29) is 11.9 Å². The molecule has 1 atom stereocenters. The summed E-state index contributed by atoms with van der Waals surface area (Å²) in [5.74, 6) is 0.245. The molecule has 0 aromatic carbocycles. The molecule has 5 nitrogen and oxygen atoms in total. The summed E-state index contributed by atoms with van der Waals surface area (Å²) in [6, 6.07) is 3.49. The summed E-state index contributed by atoms with van der Waals surface area (Å²) in [5.41, 5.74) is 1.61. The Morgan fingerprint density at radius 2 is 2.39 bits per heavy atom. The van der Waals surface area contributed by atoms with Crippen LogP contribution in [-0.2, 0) is 11.3 Å². The summed E-state index contributed by atoms with van der Waals surface area (Å²) in [5, 5.41) is 13.0. The van der Waals surface area contributed by atoms with E-state index in [2.05, 4.69) is 22.2 Å². The van der Waals surface area contributed by atoms with Crippen LogP contribution in [0.2, 0.25) is 0 Å². The fourth-order valence-electron chi connectivity index (χ4n) is 2.08. The average Bonchev–Trinajstić information content (AvgIpc) is 2.34. The summed E-state index contributed by atoms with van der Waals surface area (Å²) in [4.78, 5) is 6.57. The van der Waals surface area contributed by atoms with E-state index < -0.39 is 0 Å². The number of nitrogens with one attached hydrogen (secondary N) is 1. The van der Waals surface area contributed by atoms with E-state index in [1.165, 1.54) is 0 Å². The largest absolute Gasteiger partial charge is 0.506 e. The zero-order valence-corrected chi connectivity index (χ0v) is 11.0. The Hall–Kier alpha value is -1.17. The van der Waals surface area contributed by atoms with Gasteiger partial charge in [0, 0.05) is 31.9 Å². The normalized spacial score (nSPS) is 21.1. The number of hydrogen-bond acceptors (Lipinski definition) is 5. The molecular weight excluding hydrogens is 230 g/mol. The number of aromatic hydroxyl groups is 1. The lowest BCUT2D eigenvalue weighted by atomic mass is 10.2. The molecule has 1 aliphatic heterocycles. The van der Waals surface area contributed by atoms with Crippen molar-refractivity contribution < 1.29 is 9.84 Å². The van der Waals surface area contributed by atoms with E-state index in [1.807, 2.05) is 6.92 Å². The van der Waals surface area contributed by atoms with Crippen molar-refractivity contribution in [2.75, 3.05) is 33.3 Å². The molecule has 0 spiro atoms. The van der Waals surface area contributed by atoms with Crippen LogP contribution in [0.1, 0.15) is 11.4 Å². The quantitative estimate of drug-likeness (QED) is 0.817. The van der Waals surface area contributed by atoms with Crippen LogP contribution >= 0.6 is 0 Å². The molecule has 1 aromatic heterocycles. The van der Waals surface area contributed by atoms with Crippen LogP contribution in [0, 0.1) is 6.92 Å². The third-order valence-electron chi connectivity index (χ3n) is 3.10. The molecule has 0 aliphatic carbocycles. The first-order valence-corrected chi connectivity index (χ1v) is 6.31. The third kappa shape index (κ3) is 3.66. The van der Waals surface area contributed by atoms with Crippen LogP contribution in [0.4, 0.5) is 0 Å². The van der Waals surface area contributed by atoms with Crippen LogP contribution in [0.25, 0.3) is 0 Å². The summed E-state index contributed by atoms with van der Waals surface area (Å²) in [6.07, 6.45) is 0.218. The van der Waals surface area contributed by atoms with Crippen molar-refractivity contribution >= 4 is 0 Å². The van der Waals surface area contributed by atoms with Gasteiger partial charge >= 0.3 is 0 Å². The van der Waals surface area contributed by atoms with Crippen LogP contribution < -0.4 is 5.32 Å². The van der Waals surface area contributed by atoms with Crippen molar-refractivity contribution in [1.29, 1.82) is 0 Å². The zero-order chi connectivity index (χ0) is 13.0. The fraction of sp³-hybridized carbons (Fsp3) is 0.615. The fourth-order valence-corrected chi connectivity index (χ4v) is 2.08. The van der Waals surface area contributed by atoms with Gasteiger partial charge in [-0.05, 0) is 26.1 Å². The van der Waals surface area contributed by atoms with Crippen molar-refractivity contribution in [3.8, 4) is 5.75 Å². The number of pyridine rings is 1. The first-order chi connectivity index (χ1) is 8.65. The molecule has 2 rings (SSSR count). The number of hydrogen-bond donors (Lipinski definition) is 2. The van der Waals surface area contributed by atoms with Crippen LogP contribution in [-0.4, -0.2) is 54.4 Å². The van der Waals surface area contributed by atoms with Crippen molar-refractivity contribution in [1.82, 2.24) is 15.2 Å². The lowest BCUT2D eigenvalue weighted by Crippen LogP contribution is -2.44. The van der Waals surface area contributed by atoms with E-state index in [1.54, 1.807) is 12.1 Å². The van der Waals surface area contributed by atoms with Gasteiger partial charge in [0.05, 0.1) is 18.4 Å². The van der Waals surface area contributed by atoms with Gasteiger partial charge in [-0.15, -0.1) is 0 Å². The van der Waals surface area contributed by atoms with Gasteiger partial charge in [0.2, 0.25) is 0 Å². The number of likely N-dealkylation sites (N-methyl/N-ethyl adjacent to an activating group) is 1. The monoisotopic (exact) mass is 251 g/mol. The summed E-state index contributed by atoms with van der Waals surface area (Å²) < 4.78 is 5.65. The molecule has 0 bridgehead atoms. The van der Waals surface area contributed by atoms with Gasteiger partial charge in [0.25, 0.3) is 0 Å². The second-order valence-electron chi connectivity index (χ2n) is 4.80. The maximum absolute atomic E-state index is 9.67. The minimum Gasteiger partial charge on any atom is -0.506 e. The van der Waals surface area contributed by atoms with Crippen molar-refractivity contribution in [3.63, 3.8) is 0 Å². The van der Waals surface area contributed by atoms with Gasteiger partial charge in [0.15, 0.2) is 0 Å². The van der Waals surface area contributed by atoms with Crippen molar-refractivity contribution in [3.05, 3.63) is 23.5 Å². The molecule has 1 aromatic rings. The summed E-state index contributed by atoms with van der Waals surface area (Å²) >= 11 is 0. The number of aryl methyl sites for hydroxylation is 1. The number of rotatable bonds is 4. The molecule has 100 valence electrons. The standard InChI is InChI=1S/C13H21N3O2/c1-10-3-4-13(17)12(15-10)8-14-7-11-9-16(2)5-6-18-11/h3-4,11,14,17H,5-9H2,1-2H3/t11-/m1/s1. The second kappa shape index (κ2) is 6.13. The Kier molecular flexibility index (Phi) is 4.52. The highest BCUT2D eigenvalue weighted by atomic mass is 16.5. The third-order valence-corrected chi connectivity index (χ3v) is 3.10. The molecule has 1 fully saturated rings. The van der Waals surface area contributed by atoms with Crippen LogP contribution in [0.5, 0.6) is 5.75 Å². The molecule has 0 unspecified atom stereocenters. The second-order valence-corrected chi connectivity index (χ2v) is 4.80. The molecule has 1 aliphatic rings. The average molecular weight is 251 g/mol. The van der Waals surface area contributed by atoms with Crippen LogP contribution in [0.3, 0.4) is 0 Å². The van der Waals surface area contributed by atoms with E-state index in [4.69, 9.17) is 4.74 Å². The molecule has 2 N–H and O–H groups in total. The number of ether oxygens (including phenoxy) is 1. The molecule has 18 heavy (non-hydrogen) atoms.